The molecule has 0 spiro atoms. The molecule has 106 valence electrons. The molecule has 1 aromatic carbocycles. The van der Waals surface area contributed by atoms with E-state index in [1.54, 1.807) is 6.07 Å². The van der Waals surface area contributed by atoms with E-state index >= 15 is 0 Å². The van der Waals surface area contributed by atoms with E-state index in [2.05, 4.69) is 23.9 Å². The second kappa shape index (κ2) is 5.88. The second-order valence-electron chi connectivity index (χ2n) is 5.74. The molecule has 1 aliphatic heterocycles. The first-order valence-electron chi connectivity index (χ1n) is 6.95. The first kappa shape index (κ1) is 14.3. The van der Waals surface area contributed by atoms with Crippen LogP contribution in [0.15, 0.2) is 18.2 Å². The molecule has 1 aromatic rings. The van der Waals surface area contributed by atoms with Gasteiger partial charge < -0.3 is 15.5 Å². The Kier molecular flexibility index (Phi) is 4.42. The number of rotatable bonds is 4. The van der Waals surface area contributed by atoms with Crippen molar-refractivity contribution in [2.24, 2.45) is 5.73 Å². The SMILES string of the molecule is C[C@@H](N)c1cc(F)ccc1N1CCCC1CN(C)C. The van der Waals surface area contributed by atoms with Crippen LogP contribution in [0.25, 0.3) is 0 Å². The van der Waals surface area contributed by atoms with Gasteiger partial charge in [-0.05, 0) is 57.6 Å². The predicted molar refractivity (Wildman–Crippen MR) is 77.9 cm³/mol. The van der Waals surface area contributed by atoms with Gasteiger partial charge in [-0.2, -0.15) is 0 Å². The Hall–Kier alpha value is -1.13. The van der Waals surface area contributed by atoms with E-state index in [-0.39, 0.29) is 11.9 Å². The van der Waals surface area contributed by atoms with Crippen molar-refractivity contribution in [3.63, 3.8) is 0 Å². The van der Waals surface area contributed by atoms with Crippen LogP contribution < -0.4 is 10.6 Å². The van der Waals surface area contributed by atoms with Gasteiger partial charge in [-0.1, -0.05) is 0 Å². The number of nitrogens with two attached hydrogens (primary N) is 1. The zero-order valence-corrected chi connectivity index (χ0v) is 12.1. The number of likely N-dealkylation sites (N-methyl/N-ethyl adjacent to an activating group) is 1. The predicted octanol–water partition coefficient (Wildman–Crippen LogP) is 2.38. The van der Waals surface area contributed by atoms with Crippen molar-refractivity contribution in [3.05, 3.63) is 29.6 Å². The molecule has 1 aliphatic rings. The van der Waals surface area contributed by atoms with E-state index in [0.717, 1.165) is 24.3 Å². The monoisotopic (exact) mass is 265 g/mol. The highest BCUT2D eigenvalue weighted by molar-refractivity contribution is 5.56. The van der Waals surface area contributed by atoms with Gasteiger partial charge in [0.2, 0.25) is 0 Å². The molecule has 2 rings (SSSR count). The van der Waals surface area contributed by atoms with Crippen molar-refractivity contribution in [2.75, 3.05) is 32.1 Å². The summed E-state index contributed by atoms with van der Waals surface area (Å²) in [5, 5.41) is 0. The van der Waals surface area contributed by atoms with Crippen LogP contribution in [0.3, 0.4) is 0 Å². The summed E-state index contributed by atoms with van der Waals surface area (Å²) in [5.74, 6) is -0.209. The molecule has 2 atom stereocenters. The minimum atomic E-state index is -0.209. The Labute approximate surface area is 115 Å². The third kappa shape index (κ3) is 3.25. The quantitative estimate of drug-likeness (QED) is 0.907. The van der Waals surface area contributed by atoms with Gasteiger partial charge >= 0.3 is 0 Å². The smallest absolute Gasteiger partial charge is 0.123 e. The Morgan fingerprint density at radius 2 is 2.21 bits per heavy atom. The number of nitrogens with zero attached hydrogens (tertiary/aromatic N) is 2. The molecule has 0 aromatic heterocycles. The van der Waals surface area contributed by atoms with E-state index in [1.165, 1.54) is 18.9 Å². The van der Waals surface area contributed by atoms with Crippen LogP contribution in [0.5, 0.6) is 0 Å². The maximum Gasteiger partial charge on any atom is 0.123 e. The first-order valence-corrected chi connectivity index (χ1v) is 6.95. The molecule has 0 saturated carbocycles. The highest BCUT2D eigenvalue weighted by Gasteiger charge is 2.27. The van der Waals surface area contributed by atoms with Gasteiger partial charge in [0.05, 0.1) is 0 Å². The lowest BCUT2D eigenvalue weighted by Crippen LogP contribution is -2.38. The Morgan fingerprint density at radius 1 is 1.47 bits per heavy atom. The maximum atomic E-state index is 13.4. The van der Waals surface area contributed by atoms with Crippen LogP contribution in [0, 0.1) is 5.82 Å². The molecule has 1 saturated heterocycles. The summed E-state index contributed by atoms with van der Waals surface area (Å²) in [4.78, 5) is 4.59. The van der Waals surface area contributed by atoms with Crippen molar-refractivity contribution in [1.29, 1.82) is 0 Å². The minimum absolute atomic E-state index is 0.147. The van der Waals surface area contributed by atoms with Gasteiger partial charge in [-0.3, -0.25) is 0 Å². The van der Waals surface area contributed by atoms with Gasteiger partial charge in [-0.15, -0.1) is 0 Å². The van der Waals surface area contributed by atoms with E-state index in [4.69, 9.17) is 5.73 Å². The number of anilines is 1. The zero-order valence-electron chi connectivity index (χ0n) is 12.1. The number of hydrogen-bond donors (Lipinski definition) is 1. The van der Waals surface area contributed by atoms with Crippen LogP contribution in [0.4, 0.5) is 10.1 Å². The van der Waals surface area contributed by atoms with Gasteiger partial charge in [-0.25, -0.2) is 4.39 Å². The van der Waals surface area contributed by atoms with Gasteiger partial charge in [0.15, 0.2) is 0 Å². The summed E-state index contributed by atoms with van der Waals surface area (Å²) in [6.07, 6.45) is 2.38. The molecule has 19 heavy (non-hydrogen) atoms. The van der Waals surface area contributed by atoms with E-state index < -0.39 is 0 Å². The highest BCUT2D eigenvalue weighted by atomic mass is 19.1. The first-order chi connectivity index (χ1) is 8.99. The van der Waals surface area contributed by atoms with Crippen molar-refractivity contribution in [3.8, 4) is 0 Å². The normalized spacial score (nSPS) is 21.2. The fourth-order valence-corrected chi connectivity index (χ4v) is 2.92. The summed E-state index contributed by atoms with van der Waals surface area (Å²) < 4.78 is 13.4. The molecular weight excluding hydrogens is 241 g/mol. The van der Waals surface area contributed by atoms with E-state index in [9.17, 15) is 4.39 Å². The van der Waals surface area contributed by atoms with Gasteiger partial charge in [0.25, 0.3) is 0 Å². The average molecular weight is 265 g/mol. The Morgan fingerprint density at radius 3 is 2.84 bits per heavy atom. The van der Waals surface area contributed by atoms with Crippen molar-refractivity contribution in [2.45, 2.75) is 31.8 Å². The van der Waals surface area contributed by atoms with Crippen LogP contribution in [-0.2, 0) is 0 Å². The van der Waals surface area contributed by atoms with E-state index in [0.29, 0.717) is 6.04 Å². The molecule has 4 heteroatoms. The van der Waals surface area contributed by atoms with Gasteiger partial charge in [0.1, 0.15) is 5.82 Å². The number of benzene rings is 1. The summed E-state index contributed by atoms with van der Waals surface area (Å²) in [6.45, 7) is 3.97. The molecule has 0 aliphatic carbocycles. The molecule has 2 N–H and O–H groups in total. The van der Waals surface area contributed by atoms with Gasteiger partial charge in [0, 0.05) is 30.9 Å². The lowest BCUT2D eigenvalue weighted by Gasteiger charge is -2.31. The molecule has 1 fully saturated rings. The largest absolute Gasteiger partial charge is 0.367 e. The third-order valence-corrected chi connectivity index (χ3v) is 3.74. The fraction of sp³-hybridized carbons (Fsp3) is 0.600. The van der Waals surface area contributed by atoms with Crippen molar-refractivity contribution >= 4 is 5.69 Å². The summed E-state index contributed by atoms with van der Waals surface area (Å²) in [5.41, 5.74) is 8.00. The van der Waals surface area contributed by atoms with Crippen molar-refractivity contribution in [1.82, 2.24) is 4.90 Å². The Balaban J connectivity index is 2.29. The minimum Gasteiger partial charge on any atom is -0.367 e. The molecule has 1 heterocycles. The fourth-order valence-electron chi connectivity index (χ4n) is 2.92. The van der Waals surface area contributed by atoms with Crippen LogP contribution in [-0.4, -0.2) is 38.1 Å². The van der Waals surface area contributed by atoms with Crippen LogP contribution >= 0.6 is 0 Å². The molecule has 1 unspecified atom stereocenters. The molecule has 0 bridgehead atoms. The topological polar surface area (TPSA) is 32.5 Å². The van der Waals surface area contributed by atoms with E-state index in [1.807, 2.05) is 13.0 Å². The van der Waals surface area contributed by atoms with Crippen LogP contribution in [0.2, 0.25) is 0 Å². The standard InChI is InChI=1S/C15H24FN3/c1-11(17)14-9-12(16)6-7-15(14)19-8-4-5-13(19)10-18(2)3/h6-7,9,11,13H,4-5,8,10,17H2,1-3H3/t11-,13?/m1/s1. The zero-order chi connectivity index (χ0) is 14.0. The molecule has 0 radical (unpaired) electrons. The molecule has 0 amide bonds. The van der Waals surface area contributed by atoms with Crippen LogP contribution in [0.1, 0.15) is 31.4 Å². The summed E-state index contributed by atoms with van der Waals surface area (Å²) in [7, 11) is 4.18. The highest BCUT2D eigenvalue weighted by Crippen LogP contribution is 2.32. The molecule has 3 nitrogen and oxygen atoms in total. The van der Waals surface area contributed by atoms with Crippen molar-refractivity contribution < 1.29 is 4.39 Å². The summed E-state index contributed by atoms with van der Waals surface area (Å²) >= 11 is 0. The lowest BCUT2D eigenvalue weighted by atomic mass is 10.0. The maximum absolute atomic E-state index is 13.4. The molecular formula is C15H24FN3. The second-order valence-corrected chi connectivity index (χ2v) is 5.74. The number of halogens is 1. The summed E-state index contributed by atoms with van der Waals surface area (Å²) in [6, 6.07) is 5.34. The average Bonchev–Trinajstić information content (AvgIpc) is 2.76. The third-order valence-electron chi connectivity index (χ3n) is 3.74. The Bertz CT molecular complexity index is 431. The number of hydrogen-bond acceptors (Lipinski definition) is 3. The lowest BCUT2D eigenvalue weighted by molar-refractivity contribution is 0.372.